The minimum absolute atomic E-state index is 0.0633. The van der Waals surface area contributed by atoms with Gasteiger partial charge in [0.15, 0.2) is 0 Å². The molecule has 1 N–H and O–H groups in total. The molecule has 1 aliphatic heterocycles. The topological polar surface area (TPSA) is 45.5 Å². The molecule has 0 saturated carbocycles. The van der Waals surface area contributed by atoms with Crippen LogP contribution in [0.5, 0.6) is 0 Å². The van der Waals surface area contributed by atoms with Gasteiger partial charge in [0, 0.05) is 34.6 Å². The number of likely N-dealkylation sites (tertiary alicyclic amines) is 1. The molecule has 4 nitrogen and oxygen atoms in total. The zero-order valence-corrected chi connectivity index (χ0v) is 15.0. The monoisotopic (exact) mass is 376 g/mol. The van der Waals surface area contributed by atoms with Crippen molar-refractivity contribution in [2.45, 2.75) is 32.8 Å². The van der Waals surface area contributed by atoms with Crippen LogP contribution in [-0.4, -0.2) is 39.7 Å². The smallest absolute Gasteiger partial charge is 0.255 e. The third kappa shape index (κ3) is 3.21. The molecule has 3 rings (SSSR count). The lowest BCUT2D eigenvalue weighted by molar-refractivity contribution is 0.0546. The molecule has 2 aromatic rings. The molecule has 0 radical (unpaired) electrons. The van der Waals surface area contributed by atoms with Gasteiger partial charge in [-0.2, -0.15) is 0 Å². The summed E-state index contributed by atoms with van der Waals surface area (Å²) in [5.74, 6) is 0.0633. The maximum Gasteiger partial charge on any atom is 0.255 e. The van der Waals surface area contributed by atoms with Gasteiger partial charge < -0.3 is 14.6 Å². The van der Waals surface area contributed by atoms with Crippen LogP contribution in [0.2, 0.25) is 0 Å². The maximum atomic E-state index is 12.8. The van der Waals surface area contributed by atoms with Crippen LogP contribution in [0.1, 0.15) is 34.6 Å². The predicted octanol–water partition coefficient (Wildman–Crippen LogP) is 3.45. The van der Waals surface area contributed by atoms with E-state index in [0.717, 1.165) is 27.1 Å². The summed E-state index contributed by atoms with van der Waals surface area (Å²) >= 11 is 3.45. The van der Waals surface area contributed by atoms with E-state index in [2.05, 4.69) is 20.5 Å². The normalized spacial score (nSPS) is 15.9. The quantitative estimate of drug-likeness (QED) is 0.872. The Hall–Kier alpha value is -1.59. The molecule has 0 aliphatic carbocycles. The molecule has 1 aromatic heterocycles. The van der Waals surface area contributed by atoms with Crippen molar-refractivity contribution < 1.29 is 9.90 Å². The van der Waals surface area contributed by atoms with E-state index in [0.29, 0.717) is 25.9 Å². The third-order valence-corrected chi connectivity index (χ3v) is 5.03. The van der Waals surface area contributed by atoms with Crippen molar-refractivity contribution >= 4 is 21.8 Å². The van der Waals surface area contributed by atoms with Crippen LogP contribution in [0.15, 0.2) is 34.8 Å². The second-order valence-corrected chi connectivity index (χ2v) is 7.04. The predicted molar refractivity (Wildman–Crippen MR) is 94.1 cm³/mol. The van der Waals surface area contributed by atoms with E-state index in [1.165, 1.54) is 0 Å². The van der Waals surface area contributed by atoms with E-state index in [9.17, 15) is 9.90 Å². The van der Waals surface area contributed by atoms with Crippen LogP contribution in [-0.2, 0) is 0 Å². The number of aromatic nitrogens is 1. The summed E-state index contributed by atoms with van der Waals surface area (Å²) in [4.78, 5) is 14.6. The molecule has 0 unspecified atom stereocenters. The highest BCUT2D eigenvalue weighted by molar-refractivity contribution is 9.10. The second-order valence-electron chi connectivity index (χ2n) is 6.12. The highest BCUT2D eigenvalue weighted by Gasteiger charge is 2.25. The van der Waals surface area contributed by atoms with E-state index < -0.39 is 0 Å². The Kier molecular flexibility index (Phi) is 4.60. The first-order chi connectivity index (χ1) is 11.0. The van der Waals surface area contributed by atoms with Gasteiger partial charge >= 0.3 is 0 Å². The van der Waals surface area contributed by atoms with E-state index in [4.69, 9.17) is 0 Å². The number of carbonyl (C=O) groups is 1. The van der Waals surface area contributed by atoms with Gasteiger partial charge in [-0.25, -0.2) is 0 Å². The third-order valence-electron chi connectivity index (χ3n) is 4.50. The Labute approximate surface area is 144 Å². The molecule has 0 spiro atoms. The minimum Gasteiger partial charge on any atom is -0.393 e. The first kappa shape index (κ1) is 16.3. The summed E-state index contributed by atoms with van der Waals surface area (Å²) in [6.45, 7) is 5.26. The van der Waals surface area contributed by atoms with E-state index in [-0.39, 0.29) is 12.0 Å². The fraction of sp³-hybridized carbons (Fsp3) is 0.389. The number of rotatable bonds is 2. The molecule has 23 heavy (non-hydrogen) atoms. The molecule has 2 heterocycles. The number of amides is 1. The van der Waals surface area contributed by atoms with Crippen molar-refractivity contribution in [2.24, 2.45) is 0 Å². The van der Waals surface area contributed by atoms with E-state index in [1.54, 1.807) is 0 Å². The lowest BCUT2D eigenvalue weighted by Gasteiger charge is -2.29. The number of hydrogen-bond acceptors (Lipinski definition) is 2. The van der Waals surface area contributed by atoms with Crippen molar-refractivity contribution in [3.8, 4) is 5.69 Å². The molecular formula is C18H21BrN2O2. The molecule has 1 saturated heterocycles. The highest BCUT2D eigenvalue weighted by Crippen LogP contribution is 2.24. The zero-order valence-electron chi connectivity index (χ0n) is 13.4. The number of carbonyl (C=O) groups excluding carboxylic acids is 1. The van der Waals surface area contributed by atoms with Crippen LogP contribution < -0.4 is 0 Å². The Bertz CT molecular complexity index is 713. The SMILES string of the molecule is Cc1cc(C(=O)N2CCC(O)CC2)c(C)n1-c1ccc(Br)cc1. The highest BCUT2D eigenvalue weighted by atomic mass is 79.9. The maximum absolute atomic E-state index is 12.8. The summed E-state index contributed by atoms with van der Waals surface area (Å²) in [6, 6.07) is 10.0. The average Bonchev–Trinajstić information content (AvgIpc) is 2.83. The lowest BCUT2D eigenvalue weighted by atomic mass is 10.1. The minimum atomic E-state index is -0.269. The summed E-state index contributed by atoms with van der Waals surface area (Å²) in [5, 5.41) is 9.61. The Balaban J connectivity index is 1.91. The number of nitrogens with zero attached hydrogens (tertiary/aromatic N) is 2. The van der Waals surface area contributed by atoms with Gasteiger partial charge in [-0.15, -0.1) is 0 Å². The van der Waals surface area contributed by atoms with E-state index >= 15 is 0 Å². The number of hydrogen-bond donors (Lipinski definition) is 1. The second kappa shape index (κ2) is 6.49. The standard InChI is InChI=1S/C18H21BrN2O2/c1-12-11-17(18(23)20-9-7-16(22)8-10-20)13(2)21(12)15-5-3-14(19)4-6-15/h3-6,11,16,22H,7-10H2,1-2H3. The summed E-state index contributed by atoms with van der Waals surface area (Å²) in [7, 11) is 0. The largest absolute Gasteiger partial charge is 0.393 e. The Morgan fingerprint density at radius 3 is 2.39 bits per heavy atom. The molecule has 0 bridgehead atoms. The van der Waals surface area contributed by atoms with Gasteiger partial charge in [0.2, 0.25) is 0 Å². The number of halogens is 1. The van der Waals surface area contributed by atoms with Crippen molar-refractivity contribution in [2.75, 3.05) is 13.1 Å². The molecular weight excluding hydrogens is 356 g/mol. The van der Waals surface area contributed by atoms with Gasteiger partial charge in [0.25, 0.3) is 5.91 Å². The lowest BCUT2D eigenvalue weighted by Crippen LogP contribution is -2.40. The van der Waals surface area contributed by atoms with Crippen LogP contribution in [0, 0.1) is 13.8 Å². The first-order valence-corrected chi connectivity index (χ1v) is 8.69. The van der Waals surface area contributed by atoms with Crippen molar-refractivity contribution in [1.82, 2.24) is 9.47 Å². The molecule has 0 atom stereocenters. The van der Waals surface area contributed by atoms with Crippen molar-refractivity contribution in [3.05, 3.63) is 51.8 Å². The first-order valence-electron chi connectivity index (χ1n) is 7.89. The average molecular weight is 377 g/mol. The number of benzene rings is 1. The Morgan fingerprint density at radius 2 is 1.78 bits per heavy atom. The van der Waals surface area contributed by atoms with Gasteiger partial charge in [-0.1, -0.05) is 15.9 Å². The summed E-state index contributed by atoms with van der Waals surface area (Å²) < 4.78 is 3.14. The number of piperidine rings is 1. The van der Waals surface area contributed by atoms with Crippen LogP contribution >= 0.6 is 15.9 Å². The molecule has 1 amide bonds. The van der Waals surface area contributed by atoms with Crippen molar-refractivity contribution in [1.29, 1.82) is 0 Å². The summed E-state index contributed by atoms with van der Waals surface area (Å²) in [5.41, 5.74) is 3.81. The fourth-order valence-corrected chi connectivity index (χ4v) is 3.47. The number of aliphatic hydroxyl groups excluding tert-OH is 1. The fourth-order valence-electron chi connectivity index (χ4n) is 3.21. The van der Waals surface area contributed by atoms with Gasteiger partial charge in [-0.3, -0.25) is 4.79 Å². The van der Waals surface area contributed by atoms with Crippen LogP contribution in [0.25, 0.3) is 5.69 Å². The Morgan fingerprint density at radius 1 is 1.17 bits per heavy atom. The van der Waals surface area contributed by atoms with E-state index in [1.807, 2.05) is 49.1 Å². The van der Waals surface area contributed by atoms with Crippen LogP contribution in [0.3, 0.4) is 0 Å². The molecule has 122 valence electrons. The number of aryl methyl sites for hydroxylation is 1. The summed E-state index contributed by atoms with van der Waals surface area (Å²) in [6.07, 6.45) is 1.06. The van der Waals surface area contributed by atoms with Crippen molar-refractivity contribution in [3.63, 3.8) is 0 Å². The zero-order chi connectivity index (χ0) is 16.6. The van der Waals surface area contributed by atoms with Gasteiger partial charge in [0.05, 0.1) is 11.7 Å². The molecule has 1 fully saturated rings. The molecule has 5 heteroatoms. The molecule has 1 aromatic carbocycles. The van der Waals surface area contributed by atoms with Gasteiger partial charge in [0.1, 0.15) is 0 Å². The number of aliphatic hydroxyl groups is 1. The van der Waals surface area contributed by atoms with Gasteiger partial charge in [-0.05, 0) is 57.0 Å². The van der Waals surface area contributed by atoms with Crippen LogP contribution in [0.4, 0.5) is 0 Å². The molecule has 1 aliphatic rings.